The Kier molecular flexibility index (Phi) is 5.94. The van der Waals surface area contributed by atoms with Crippen LogP contribution < -0.4 is 15.4 Å². The number of likely N-dealkylation sites (tertiary alicyclic amines) is 1. The number of hydrogen-bond donors (Lipinski definition) is 3. The molecule has 1 aliphatic heterocycles. The maximum atomic E-state index is 14.9. The Labute approximate surface area is 203 Å². The molecule has 10 nitrogen and oxygen atoms in total. The summed E-state index contributed by atoms with van der Waals surface area (Å²) in [7, 11) is 1.40. The second kappa shape index (κ2) is 10.2. The molecule has 0 spiro atoms. The van der Waals surface area contributed by atoms with Crippen LogP contribution in [0.15, 0.2) is 35.6 Å². The van der Waals surface area contributed by atoms with Crippen LogP contribution in [0.3, 0.4) is 0 Å². The molecule has 0 aliphatic carbocycles. The molecule has 3 N–H and O–H groups in total. The van der Waals surface area contributed by atoms with Crippen molar-refractivity contribution in [3.8, 4) is 17.0 Å². The molecule has 3 aromatic rings. The number of fused-ring (bicyclic) bond motifs is 1. The molecule has 2 atom stereocenters. The largest absolute Gasteiger partial charge is 0.479 e. The van der Waals surface area contributed by atoms with Gasteiger partial charge in [-0.2, -0.15) is 10.1 Å². The summed E-state index contributed by atoms with van der Waals surface area (Å²) in [6, 6.07) is 5.73. The van der Waals surface area contributed by atoms with Crippen molar-refractivity contribution in [2.24, 2.45) is 5.11 Å². The average Bonchev–Trinajstić information content (AvgIpc) is 3.31. The van der Waals surface area contributed by atoms with E-state index in [-0.39, 0.29) is 42.7 Å². The van der Waals surface area contributed by atoms with Crippen LogP contribution >= 0.6 is 0 Å². The lowest BCUT2D eigenvalue weighted by molar-refractivity contribution is -0.131. The number of nitrogens with zero attached hydrogens (tertiary/aromatic N) is 5. The number of aromatic nitrogens is 3. The Morgan fingerprint density at radius 1 is 1.43 bits per heavy atom. The number of hydrogen-bond acceptors (Lipinski definition) is 8. The molecule has 1 saturated heterocycles. The number of methoxy groups -OCH3 is 1. The van der Waals surface area contributed by atoms with E-state index < -0.39 is 37.9 Å². The summed E-state index contributed by atoms with van der Waals surface area (Å²) in [5, 5.41) is 13.2. The Morgan fingerprint density at radius 3 is 2.94 bits per heavy atom. The minimum Gasteiger partial charge on any atom is -0.479 e. The summed E-state index contributed by atoms with van der Waals surface area (Å²) in [6.45, 7) is -3.75. The molecule has 13 heteroatoms. The lowest BCUT2D eigenvalue weighted by Gasteiger charge is -2.34. The van der Waals surface area contributed by atoms with Crippen LogP contribution in [0.25, 0.3) is 16.6 Å². The number of carbonyl (C=O) groups excluding carboxylic acids is 1. The SMILES string of the molecule is [2H]C([2H])([2H])C(=O)N1CC[C@@H](Nc2nc(OC)c3c(-c4ccc(N=N)c(NCC(F)F)c4)ccn3n2)[C@@H](F)C1. The predicted molar refractivity (Wildman–Crippen MR) is 123 cm³/mol. The number of carbonyl (C=O) groups is 1. The zero-order chi connectivity index (χ0) is 27.6. The van der Waals surface area contributed by atoms with E-state index in [1.807, 2.05) is 0 Å². The molecular formula is C22H25F3N8O2. The van der Waals surface area contributed by atoms with Gasteiger partial charge < -0.3 is 20.3 Å². The summed E-state index contributed by atoms with van der Waals surface area (Å²) in [4.78, 5) is 17.3. The molecule has 1 aliphatic rings. The maximum absolute atomic E-state index is 14.9. The number of benzene rings is 1. The maximum Gasteiger partial charge on any atom is 0.255 e. The third-order valence-corrected chi connectivity index (χ3v) is 5.69. The normalized spacial score (nSPS) is 19.7. The third kappa shape index (κ3) is 5.12. The smallest absolute Gasteiger partial charge is 0.255 e. The quantitative estimate of drug-likeness (QED) is 0.406. The van der Waals surface area contributed by atoms with Gasteiger partial charge in [-0.15, -0.1) is 5.10 Å². The summed E-state index contributed by atoms with van der Waals surface area (Å²) < 4.78 is 69.0. The number of rotatable bonds is 8. The molecule has 1 fully saturated rings. The van der Waals surface area contributed by atoms with Crippen molar-refractivity contribution < 1.29 is 26.8 Å². The van der Waals surface area contributed by atoms with Gasteiger partial charge in [0.2, 0.25) is 17.7 Å². The van der Waals surface area contributed by atoms with Gasteiger partial charge >= 0.3 is 0 Å². The van der Waals surface area contributed by atoms with Crippen molar-refractivity contribution in [1.82, 2.24) is 19.5 Å². The molecule has 4 rings (SSSR count). The van der Waals surface area contributed by atoms with E-state index >= 15 is 0 Å². The number of ether oxygens (including phenoxy) is 1. The number of alkyl halides is 3. The van der Waals surface area contributed by atoms with Crippen LogP contribution in [0.4, 0.5) is 30.5 Å². The molecule has 1 aromatic carbocycles. The molecule has 0 unspecified atom stereocenters. The van der Waals surface area contributed by atoms with Gasteiger partial charge in [0, 0.05) is 29.3 Å². The van der Waals surface area contributed by atoms with Crippen molar-refractivity contribution in [1.29, 1.82) is 5.53 Å². The summed E-state index contributed by atoms with van der Waals surface area (Å²) >= 11 is 0. The predicted octanol–water partition coefficient (Wildman–Crippen LogP) is 4.12. The highest BCUT2D eigenvalue weighted by Crippen LogP contribution is 2.36. The van der Waals surface area contributed by atoms with Crippen LogP contribution in [0, 0.1) is 5.53 Å². The fourth-order valence-electron chi connectivity index (χ4n) is 3.98. The molecule has 2 aromatic heterocycles. The molecule has 35 heavy (non-hydrogen) atoms. The Morgan fingerprint density at radius 2 is 2.26 bits per heavy atom. The molecule has 0 radical (unpaired) electrons. The van der Waals surface area contributed by atoms with Gasteiger partial charge in [-0.3, -0.25) is 4.79 Å². The first-order valence-electron chi connectivity index (χ1n) is 12.2. The van der Waals surface area contributed by atoms with E-state index in [1.165, 1.54) is 17.7 Å². The fourth-order valence-corrected chi connectivity index (χ4v) is 3.98. The fraction of sp³-hybridized carbons (Fsp3) is 0.409. The molecule has 1 amide bonds. The first-order chi connectivity index (χ1) is 18.0. The number of halogens is 3. The Balaban J connectivity index is 1.59. The van der Waals surface area contributed by atoms with Crippen molar-refractivity contribution in [2.45, 2.75) is 31.9 Å². The van der Waals surface area contributed by atoms with Crippen molar-refractivity contribution in [3.05, 3.63) is 30.5 Å². The highest BCUT2D eigenvalue weighted by atomic mass is 19.3. The minimum atomic E-state index is -2.83. The van der Waals surface area contributed by atoms with Gasteiger partial charge in [0.15, 0.2) is 0 Å². The van der Waals surface area contributed by atoms with Gasteiger partial charge in [0.25, 0.3) is 6.43 Å². The first kappa shape index (κ1) is 20.5. The molecular weight excluding hydrogens is 465 g/mol. The van der Waals surface area contributed by atoms with Gasteiger partial charge in [0.05, 0.1) is 31.9 Å². The second-order valence-electron chi connectivity index (χ2n) is 7.89. The zero-order valence-corrected chi connectivity index (χ0v) is 18.6. The lowest BCUT2D eigenvalue weighted by Crippen LogP contribution is -2.49. The van der Waals surface area contributed by atoms with Crippen molar-refractivity contribution in [2.75, 3.05) is 37.4 Å². The van der Waals surface area contributed by atoms with Crippen LogP contribution in [0.1, 0.15) is 17.4 Å². The van der Waals surface area contributed by atoms with Crippen LogP contribution in [-0.4, -0.2) is 70.8 Å². The monoisotopic (exact) mass is 493 g/mol. The number of amides is 1. The Hall–Kier alpha value is -3.90. The summed E-state index contributed by atoms with van der Waals surface area (Å²) in [5.74, 6) is -0.874. The van der Waals surface area contributed by atoms with E-state index in [9.17, 15) is 18.0 Å². The van der Waals surface area contributed by atoms with Gasteiger partial charge in [0.1, 0.15) is 17.4 Å². The zero-order valence-electron chi connectivity index (χ0n) is 21.6. The highest BCUT2D eigenvalue weighted by Gasteiger charge is 2.31. The third-order valence-electron chi connectivity index (χ3n) is 5.69. The van der Waals surface area contributed by atoms with Crippen LogP contribution in [0.2, 0.25) is 0 Å². The number of anilines is 2. The van der Waals surface area contributed by atoms with Gasteiger partial charge in [-0.25, -0.2) is 23.2 Å². The molecule has 0 saturated carbocycles. The van der Waals surface area contributed by atoms with Crippen LogP contribution in [-0.2, 0) is 4.79 Å². The van der Waals surface area contributed by atoms with Gasteiger partial charge in [-0.1, -0.05) is 6.07 Å². The standard InChI is InChI=1S/C22H25F3N8O2/c1-12(34)32-7-6-16(15(23)11-32)28-22-29-21(35-2)20-14(5-8-33(20)31-22)13-3-4-17(30-26)18(9-13)27-10-19(24)25/h3-5,8-9,15-16,19,26-27H,6-7,10-11H2,1-2H3,(H,28,31)/t15-,16+/m0/s1/i1D3. The molecule has 3 heterocycles. The minimum absolute atomic E-state index is 0.0578. The van der Waals surface area contributed by atoms with E-state index in [4.69, 9.17) is 14.4 Å². The average molecular weight is 494 g/mol. The highest BCUT2D eigenvalue weighted by molar-refractivity contribution is 5.87. The van der Waals surface area contributed by atoms with E-state index in [1.54, 1.807) is 24.4 Å². The Bertz CT molecular complexity index is 1340. The van der Waals surface area contributed by atoms with Crippen molar-refractivity contribution >= 4 is 28.7 Å². The second-order valence-corrected chi connectivity index (χ2v) is 7.89. The molecule has 0 bridgehead atoms. The summed E-state index contributed by atoms with van der Waals surface area (Å²) in [6.07, 6.45) is -2.38. The number of piperidine rings is 1. The lowest BCUT2D eigenvalue weighted by atomic mass is 10.0. The number of nitrogens with one attached hydrogen (secondary N) is 3. The summed E-state index contributed by atoms with van der Waals surface area (Å²) in [5.41, 5.74) is 9.42. The van der Waals surface area contributed by atoms with Crippen LogP contribution in [0.5, 0.6) is 5.88 Å². The van der Waals surface area contributed by atoms with Gasteiger partial charge in [-0.05, 0) is 30.2 Å². The van der Waals surface area contributed by atoms with E-state index in [0.29, 0.717) is 16.6 Å². The van der Waals surface area contributed by atoms with Crippen molar-refractivity contribution in [3.63, 3.8) is 0 Å². The molecule has 186 valence electrons. The first-order valence-corrected chi connectivity index (χ1v) is 10.7. The van der Waals surface area contributed by atoms with E-state index in [2.05, 4.69) is 25.8 Å². The van der Waals surface area contributed by atoms with E-state index in [0.717, 1.165) is 4.90 Å². The topological polar surface area (TPSA) is 120 Å².